The monoisotopic (exact) mass is 794 g/mol. The zero-order valence-corrected chi connectivity index (χ0v) is 33.9. The molecule has 8 N–H and O–H groups in total. The van der Waals surface area contributed by atoms with Gasteiger partial charge in [-0.05, 0) is 111 Å². The van der Waals surface area contributed by atoms with Crippen LogP contribution in [0.1, 0.15) is 106 Å². The average molecular weight is 795 g/mol. The van der Waals surface area contributed by atoms with E-state index in [4.69, 9.17) is 18.9 Å². The van der Waals surface area contributed by atoms with Crippen LogP contribution in [0.5, 0.6) is 0 Å². The summed E-state index contributed by atoms with van der Waals surface area (Å²) >= 11 is 0. The standard InChI is InChI=1S/C42H66O14/c1-19-10-15-41(36(49)50)16-17-42(37(51)52)22(27(41)20(19)2)8-9-25-39(6)13-12-26(38(4,5)24(39)11-14-40(25,42)7)55-35-33(31(47)28(44)21(3)53-35)56-34-32(48)30(46)29(45)23(18-43)54-34/h8,19-21,23-35,43-48H,9-18H2,1-7H3,(H,49,50)(H,51,52)/t19-,20+,21-,23-,24+,25-,26+,27+,28-,29-,30+,31+,32-,33-,34+,35+,39+,40-,41+,42-/m1/s1. The molecule has 0 spiro atoms. The van der Waals surface area contributed by atoms with Crippen molar-refractivity contribution in [3.63, 3.8) is 0 Å². The fourth-order valence-corrected chi connectivity index (χ4v) is 14.0. The second-order valence-corrected chi connectivity index (χ2v) is 20.0. The molecular formula is C42H66O14. The Labute approximate surface area is 329 Å². The third kappa shape index (κ3) is 5.85. The summed E-state index contributed by atoms with van der Waals surface area (Å²) in [6, 6.07) is 0. The minimum Gasteiger partial charge on any atom is -0.481 e. The van der Waals surface area contributed by atoms with E-state index >= 15 is 0 Å². The molecule has 0 aromatic carbocycles. The van der Waals surface area contributed by atoms with Gasteiger partial charge in [0.05, 0.1) is 29.6 Å². The summed E-state index contributed by atoms with van der Waals surface area (Å²) in [5.74, 6) is -1.55. The van der Waals surface area contributed by atoms with Crippen LogP contribution in [0.25, 0.3) is 0 Å². The summed E-state index contributed by atoms with van der Waals surface area (Å²) in [4.78, 5) is 27.1. The van der Waals surface area contributed by atoms with Crippen molar-refractivity contribution in [2.24, 2.45) is 56.7 Å². The number of aliphatic carboxylic acids is 2. The Balaban J connectivity index is 1.17. The first kappa shape index (κ1) is 42.4. The summed E-state index contributed by atoms with van der Waals surface area (Å²) < 4.78 is 24.5. The molecule has 5 aliphatic carbocycles. The van der Waals surface area contributed by atoms with Gasteiger partial charge in [-0.3, -0.25) is 9.59 Å². The molecule has 6 fully saturated rings. The first-order valence-electron chi connectivity index (χ1n) is 20.9. The molecule has 14 nitrogen and oxygen atoms in total. The molecule has 0 amide bonds. The van der Waals surface area contributed by atoms with Crippen molar-refractivity contribution in [3.05, 3.63) is 11.6 Å². The Hall–Kier alpha value is -1.72. The molecule has 20 atom stereocenters. The summed E-state index contributed by atoms with van der Waals surface area (Å²) in [6.07, 6.45) is -7.17. The first-order chi connectivity index (χ1) is 26.1. The van der Waals surface area contributed by atoms with Gasteiger partial charge >= 0.3 is 11.9 Å². The molecule has 0 unspecified atom stereocenters. The molecule has 7 rings (SSSR count). The largest absolute Gasteiger partial charge is 0.481 e. The fraction of sp³-hybridized carbons (Fsp3) is 0.905. The lowest BCUT2D eigenvalue weighted by Crippen LogP contribution is -2.68. The van der Waals surface area contributed by atoms with Gasteiger partial charge in [-0.1, -0.05) is 53.2 Å². The normalized spacial score (nSPS) is 54.1. The van der Waals surface area contributed by atoms with Crippen LogP contribution >= 0.6 is 0 Å². The molecular weight excluding hydrogens is 728 g/mol. The van der Waals surface area contributed by atoms with Crippen molar-refractivity contribution in [3.8, 4) is 0 Å². The minimum atomic E-state index is -1.74. The van der Waals surface area contributed by atoms with E-state index in [0.717, 1.165) is 18.4 Å². The lowest BCUT2D eigenvalue weighted by molar-refractivity contribution is -0.375. The zero-order chi connectivity index (χ0) is 41.1. The van der Waals surface area contributed by atoms with E-state index in [0.29, 0.717) is 44.9 Å². The van der Waals surface area contributed by atoms with Gasteiger partial charge in [0, 0.05) is 0 Å². The molecule has 14 heteroatoms. The number of ether oxygens (including phenoxy) is 4. The molecule has 7 aliphatic rings. The number of carbonyl (C=O) groups is 2. The van der Waals surface area contributed by atoms with E-state index in [-0.39, 0.29) is 35.0 Å². The highest BCUT2D eigenvalue weighted by Crippen LogP contribution is 2.76. The predicted octanol–water partition coefficient (Wildman–Crippen LogP) is 2.83. The van der Waals surface area contributed by atoms with Crippen molar-refractivity contribution >= 4 is 11.9 Å². The van der Waals surface area contributed by atoms with E-state index in [2.05, 4.69) is 47.6 Å². The maximum absolute atomic E-state index is 14.0. The van der Waals surface area contributed by atoms with E-state index in [9.17, 15) is 50.4 Å². The van der Waals surface area contributed by atoms with Gasteiger partial charge in [-0.25, -0.2) is 0 Å². The minimum absolute atomic E-state index is 0.00710. The van der Waals surface area contributed by atoms with Crippen LogP contribution in [-0.2, 0) is 28.5 Å². The van der Waals surface area contributed by atoms with Crippen molar-refractivity contribution in [2.75, 3.05) is 6.61 Å². The molecule has 0 aromatic heterocycles. The fourth-order valence-electron chi connectivity index (χ4n) is 14.0. The third-order valence-electron chi connectivity index (χ3n) is 17.4. The number of aliphatic hydroxyl groups is 6. The molecule has 2 saturated heterocycles. The average Bonchev–Trinajstić information content (AvgIpc) is 3.14. The van der Waals surface area contributed by atoms with Gasteiger partial charge in [-0.2, -0.15) is 0 Å². The molecule has 2 heterocycles. The number of aliphatic hydroxyl groups excluding tert-OH is 6. The van der Waals surface area contributed by atoms with Gasteiger partial charge in [0.15, 0.2) is 12.6 Å². The van der Waals surface area contributed by atoms with Crippen molar-refractivity contribution < 1.29 is 69.4 Å². The third-order valence-corrected chi connectivity index (χ3v) is 17.4. The highest BCUT2D eigenvalue weighted by atomic mass is 16.8. The van der Waals surface area contributed by atoms with Gasteiger partial charge in [-0.15, -0.1) is 0 Å². The van der Waals surface area contributed by atoms with E-state index in [1.54, 1.807) is 6.92 Å². The van der Waals surface area contributed by atoms with Gasteiger partial charge in [0.1, 0.15) is 42.7 Å². The summed E-state index contributed by atoms with van der Waals surface area (Å²) in [6.45, 7) is 14.0. The van der Waals surface area contributed by atoms with Crippen LogP contribution < -0.4 is 0 Å². The van der Waals surface area contributed by atoms with Crippen LogP contribution in [0.15, 0.2) is 11.6 Å². The number of hydrogen-bond donors (Lipinski definition) is 8. The Bertz CT molecular complexity index is 1550. The molecule has 56 heavy (non-hydrogen) atoms. The number of hydrogen-bond acceptors (Lipinski definition) is 12. The molecule has 0 aromatic rings. The first-order valence-corrected chi connectivity index (χ1v) is 20.9. The van der Waals surface area contributed by atoms with Crippen LogP contribution in [0, 0.1) is 56.7 Å². The zero-order valence-electron chi connectivity index (χ0n) is 33.9. The van der Waals surface area contributed by atoms with E-state index < -0.39 is 108 Å². The van der Waals surface area contributed by atoms with Crippen molar-refractivity contribution in [1.82, 2.24) is 0 Å². The molecule has 2 aliphatic heterocycles. The SMILES string of the molecule is C[C@H]1[C@H](C)CC[C@]2(C(=O)O)CC[C@]3(C(=O)O)C(=CC[C@@H]4[C@@]5(C)CC[C@H](O[C@@H]6O[C@H](C)[C@@H](O)[C@H](O)[C@H]6O[C@@H]6O[C@H](CO)[C@@H](O)[C@H](O)[C@H]6O)C(C)(C)[C@@H]5CC[C@]43C)[C@H]12. The Kier molecular flexibility index (Phi) is 11.0. The Morgan fingerprint density at radius 2 is 1.45 bits per heavy atom. The van der Waals surface area contributed by atoms with Gasteiger partial charge in [0.25, 0.3) is 0 Å². The smallest absolute Gasteiger partial charge is 0.314 e. The topological polar surface area (TPSA) is 233 Å². The predicted molar refractivity (Wildman–Crippen MR) is 198 cm³/mol. The number of carboxylic acids is 2. The summed E-state index contributed by atoms with van der Waals surface area (Å²) in [7, 11) is 0. The lowest BCUT2D eigenvalue weighted by atomic mass is 9.33. The Morgan fingerprint density at radius 1 is 0.750 bits per heavy atom. The van der Waals surface area contributed by atoms with Crippen molar-refractivity contribution in [2.45, 2.75) is 174 Å². The number of allylic oxidation sites excluding steroid dienone is 1. The van der Waals surface area contributed by atoms with Crippen LogP contribution in [0.4, 0.5) is 0 Å². The highest BCUT2D eigenvalue weighted by molar-refractivity contribution is 5.84. The van der Waals surface area contributed by atoms with Crippen LogP contribution in [-0.4, -0.2) is 127 Å². The highest BCUT2D eigenvalue weighted by Gasteiger charge is 2.73. The maximum Gasteiger partial charge on any atom is 0.314 e. The lowest BCUT2D eigenvalue weighted by Gasteiger charge is -2.70. The van der Waals surface area contributed by atoms with Crippen LogP contribution in [0.3, 0.4) is 0 Å². The summed E-state index contributed by atoms with van der Waals surface area (Å²) in [5, 5.41) is 85.4. The second-order valence-electron chi connectivity index (χ2n) is 20.0. The van der Waals surface area contributed by atoms with E-state index in [1.807, 2.05) is 0 Å². The van der Waals surface area contributed by atoms with E-state index in [1.165, 1.54) is 0 Å². The molecule has 0 bridgehead atoms. The van der Waals surface area contributed by atoms with Gasteiger partial charge in [0.2, 0.25) is 0 Å². The quantitative estimate of drug-likeness (QED) is 0.137. The number of carboxylic acid groups (broad SMARTS) is 2. The molecule has 4 saturated carbocycles. The molecule has 318 valence electrons. The number of rotatable bonds is 7. The van der Waals surface area contributed by atoms with Crippen molar-refractivity contribution in [1.29, 1.82) is 0 Å². The number of fused-ring (bicyclic) bond motifs is 7. The maximum atomic E-state index is 14.0. The summed E-state index contributed by atoms with van der Waals surface area (Å²) in [5.41, 5.74) is -2.68. The Morgan fingerprint density at radius 3 is 2.09 bits per heavy atom. The molecule has 0 radical (unpaired) electrons. The van der Waals surface area contributed by atoms with Gasteiger partial charge < -0.3 is 59.8 Å². The van der Waals surface area contributed by atoms with Crippen LogP contribution in [0.2, 0.25) is 0 Å². The second kappa shape index (κ2) is 14.5.